The second kappa shape index (κ2) is 4.53. The van der Waals surface area contributed by atoms with Gasteiger partial charge in [0.25, 0.3) is 0 Å². The van der Waals surface area contributed by atoms with Crippen molar-refractivity contribution in [2.45, 2.75) is 13.0 Å². The van der Waals surface area contributed by atoms with Crippen molar-refractivity contribution < 1.29 is 9.53 Å². The van der Waals surface area contributed by atoms with E-state index in [1.54, 1.807) is 18.3 Å². The fraction of sp³-hybridized carbons (Fsp3) is 0.250. The summed E-state index contributed by atoms with van der Waals surface area (Å²) in [6, 6.07) is 7.78. The third kappa shape index (κ3) is 2.17. The largest absolute Gasteiger partial charge is 0.467 e. The van der Waals surface area contributed by atoms with E-state index in [1.807, 2.05) is 18.2 Å². The molecule has 0 spiro atoms. The molecule has 1 atom stereocenters. The van der Waals surface area contributed by atoms with Crippen LogP contribution >= 0.6 is 11.3 Å². The van der Waals surface area contributed by atoms with Crippen LogP contribution in [0, 0.1) is 0 Å². The van der Waals surface area contributed by atoms with Crippen LogP contribution in [0.2, 0.25) is 0 Å². The Labute approximate surface area is 98.0 Å². The standard InChI is InChI=1S/C12H13NO2S/c1-8(12(14)15-2)13-10-3-4-11-9(7-10)5-6-16-11/h3-8,13H,1-2H3. The lowest BCUT2D eigenvalue weighted by molar-refractivity contribution is -0.141. The maximum absolute atomic E-state index is 11.2. The quantitative estimate of drug-likeness (QED) is 0.831. The first-order valence-electron chi connectivity index (χ1n) is 5.02. The Hall–Kier alpha value is -1.55. The molecule has 0 bridgehead atoms. The highest BCUT2D eigenvalue weighted by Crippen LogP contribution is 2.24. The van der Waals surface area contributed by atoms with E-state index in [4.69, 9.17) is 0 Å². The molecule has 1 aromatic carbocycles. The highest BCUT2D eigenvalue weighted by atomic mass is 32.1. The van der Waals surface area contributed by atoms with Crippen molar-refractivity contribution in [2.24, 2.45) is 0 Å². The fourth-order valence-corrected chi connectivity index (χ4v) is 2.31. The van der Waals surface area contributed by atoms with Gasteiger partial charge in [-0.3, -0.25) is 0 Å². The van der Waals surface area contributed by atoms with Crippen molar-refractivity contribution in [2.75, 3.05) is 12.4 Å². The van der Waals surface area contributed by atoms with Gasteiger partial charge >= 0.3 is 5.97 Å². The maximum atomic E-state index is 11.2. The summed E-state index contributed by atoms with van der Waals surface area (Å²) in [6.45, 7) is 1.78. The molecule has 2 aromatic rings. The number of carbonyl (C=O) groups is 1. The number of benzene rings is 1. The minimum atomic E-state index is -0.332. The van der Waals surface area contributed by atoms with Gasteiger partial charge in [-0.05, 0) is 42.0 Å². The van der Waals surface area contributed by atoms with E-state index in [0.29, 0.717) is 0 Å². The monoisotopic (exact) mass is 235 g/mol. The Balaban J connectivity index is 2.17. The number of fused-ring (bicyclic) bond motifs is 1. The topological polar surface area (TPSA) is 38.3 Å². The van der Waals surface area contributed by atoms with Crippen molar-refractivity contribution >= 4 is 33.1 Å². The minimum absolute atomic E-state index is 0.259. The van der Waals surface area contributed by atoms with E-state index >= 15 is 0 Å². The Morgan fingerprint density at radius 2 is 2.25 bits per heavy atom. The predicted octanol–water partition coefficient (Wildman–Crippen LogP) is 2.87. The van der Waals surface area contributed by atoms with Crippen LogP contribution in [-0.2, 0) is 9.53 Å². The number of carbonyl (C=O) groups excluding carboxylic acids is 1. The summed E-state index contributed by atoms with van der Waals surface area (Å²) in [7, 11) is 1.39. The van der Waals surface area contributed by atoms with Crippen LogP contribution in [0.25, 0.3) is 10.1 Å². The number of nitrogens with one attached hydrogen (secondary N) is 1. The highest BCUT2D eigenvalue weighted by molar-refractivity contribution is 7.17. The number of rotatable bonds is 3. The van der Waals surface area contributed by atoms with E-state index < -0.39 is 0 Å². The lowest BCUT2D eigenvalue weighted by Crippen LogP contribution is -2.27. The first-order valence-corrected chi connectivity index (χ1v) is 5.90. The van der Waals surface area contributed by atoms with Gasteiger partial charge in [0, 0.05) is 10.4 Å². The van der Waals surface area contributed by atoms with E-state index in [1.165, 1.54) is 17.2 Å². The van der Waals surface area contributed by atoms with E-state index in [0.717, 1.165) is 5.69 Å². The zero-order valence-electron chi connectivity index (χ0n) is 9.19. The smallest absolute Gasteiger partial charge is 0.327 e. The van der Waals surface area contributed by atoms with Gasteiger partial charge in [0.05, 0.1) is 7.11 Å². The molecule has 0 saturated heterocycles. The Morgan fingerprint density at radius 3 is 3.00 bits per heavy atom. The van der Waals surface area contributed by atoms with Crippen LogP contribution in [0.3, 0.4) is 0 Å². The summed E-state index contributed by atoms with van der Waals surface area (Å²) < 4.78 is 5.90. The third-order valence-electron chi connectivity index (χ3n) is 2.39. The molecule has 1 aromatic heterocycles. The Kier molecular flexibility index (Phi) is 3.10. The van der Waals surface area contributed by atoms with Crippen molar-refractivity contribution in [3.8, 4) is 0 Å². The van der Waals surface area contributed by atoms with Crippen LogP contribution in [0.5, 0.6) is 0 Å². The molecular formula is C12H13NO2S. The molecule has 16 heavy (non-hydrogen) atoms. The number of ether oxygens (including phenoxy) is 1. The van der Waals surface area contributed by atoms with Crippen LogP contribution in [-0.4, -0.2) is 19.1 Å². The lowest BCUT2D eigenvalue weighted by Gasteiger charge is -2.12. The average molecular weight is 235 g/mol. The van der Waals surface area contributed by atoms with Gasteiger partial charge < -0.3 is 10.1 Å². The molecule has 0 aliphatic heterocycles. The molecule has 0 saturated carbocycles. The molecule has 1 heterocycles. The molecule has 3 nitrogen and oxygen atoms in total. The molecular weight excluding hydrogens is 222 g/mol. The normalized spacial score (nSPS) is 12.4. The summed E-state index contributed by atoms with van der Waals surface area (Å²) in [5, 5.41) is 6.35. The molecule has 84 valence electrons. The van der Waals surface area contributed by atoms with E-state index in [9.17, 15) is 4.79 Å². The molecule has 1 N–H and O–H groups in total. The first kappa shape index (κ1) is 11.0. The second-order valence-electron chi connectivity index (χ2n) is 3.56. The van der Waals surface area contributed by atoms with Crippen molar-refractivity contribution in [1.82, 2.24) is 0 Å². The van der Waals surface area contributed by atoms with Gasteiger partial charge in [-0.15, -0.1) is 11.3 Å². The third-order valence-corrected chi connectivity index (χ3v) is 3.29. The fourth-order valence-electron chi connectivity index (χ4n) is 1.54. The number of methoxy groups -OCH3 is 1. The summed E-state index contributed by atoms with van der Waals surface area (Å²) in [4.78, 5) is 11.2. The first-order chi connectivity index (χ1) is 7.70. The maximum Gasteiger partial charge on any atom is 0.327 e. The number of anilines is 1. The predicted molar refractivity (Wildman–Crippen MR) is 66.9 cm³/mol. The van der Waals surface area contributed by atoms with E-state index in [2.05, 4.69) is 21.5 Å². The Morgan fingerprint density at radius 1 is 1.44 bits per heavy atom. The average Bonchev–Trinajstić information content (AvgIpc) is 2.75. The minimum Gasteiger partial charge on any atom is -0.467 e. The zero-order chi connectivity index (χ0) is 11.5. The SMILES string of the molecule is COC(=O)C(C)Nc1ccc2sccc2c1. The van der Waals surface area contributed by atoms with Crippen molar-refractivity contribution in [3.63, 3.8) is 0 Å². The summed E-state index contributed by atoms with van der Waals surface area (Å²) in [5.41, 5.74) is 0.934. The van der Waals surface area contributed by atoms with Crippen LogP contribution < -0.4 is 5.32 Å². The van der Waals surface area contributed by atoms with Gasteiger partial charge in [-0.1, -0.05) is 0 Å². The van der Waals surface area contributed by atoms with Gasteiger partial charge in [-0.25, -0.2) is 4.79 Å². The van der Waals surface area contributed by atoms with Crippen LogP contribution in [0.15, 0.2) is 29.6 Å². The summed E-state index contributed by atoms with van der Waals surface area (Å²) in [6.07, 6.45) is 0. The van der Waals surface area contributed by atoms with Crippen molar-refractivity contribution in [1.29, 1.82) is 0 Å². The molecule has 4 heteroatoms. The molecule has 0 aliphatic rings. The highest BCUT2D eigenvalue weighted by Gasteiger charge is 2.12. The molecule has 1 unspecified atom stereocenters. The van der Waals surface area contributed by atoms with Gasteiger partial charge in [-0.2, -0.15) is 0 Å². The molecule has 2 rings (SSSR count). The Bertz CT molecular complexity index is 506. The van der Waals surface area contributed by atoms with Crippen LogP contribution in [0.4, 0.5) is 5.69 Å². The summed E-state index contributed by atoms with van der Waals surface area (Å²) >= 11 is 1.71. The van der Waals surface area contributed by atoms with Crippen molar-refractivity contribution in [3.05, 3.63) is 29.6 Å². The number of hydrogen-bond donors (Lipinski definition) is 1. The molecule has 0 radical (unpaired) electrons. The summed E-state index contributed by atoms with van der Waals surface area (Å²) in [5.74, 6) is -0.259. The van der Waals surface area contributed by atoms with Crippen LogP contribution in [0.1, 0.15) is 6.92 Å². The molecule has 0 aliphatic carbocycles. The van der Waals surface area contributed by atoms with Gasteiger partial charge in [0.15, 0.2) is 0 Å². The molecule has 0 amide bonds. The second-order valence-corrected chi connectivity index (χ2v) is 4.51. The molecule has 0 fully saturated rings. The van der Waals surface area contributed by atoms with E-state index in [-0.39, 0.29) is 12.0 Å². The lowest BCUT2D eigenvalue weighted by atomic mass is 10.2. The van der Waals surface area contributed by atoms with Gasteiger partial charge in [0.1, 0.15) is 6.04 Å². The number of thiophene rings is 1. The number of hydrogen-bond acceptors (Lipinski definition) is 4. The number of esters is 1. The van der Waals surface area contributed by atoms with Gasteiger partial charge in [0.2, 0.25) is 0 Å². The zero-order valence-corrected chi connectivity index (χ0v) is 10.0.